The van der Waals surface area contributed by atoms with E-state index in [1.54, 1.807) is 31.4 Å². The van der Waals surface area contributed by atoms with Gasteiger partial charge in [0.25, 0.3) is 0 Å². The largest absolute Gasteiger partial charge is 0.497 e. The van der Waals surface area contributed by atoms with Gasteiger partial charge in [-0.25, -0.2) is 0 Å². The van der Waals surface area contributed by atoms with E-state index in [0.717, 1.165) is 40.2 Å². The Balaban J connectivity index is 0.000000192. The smallest absolute Gasteiger partial charge is 0.193 e. The molecule has 0 saturated heterocycles. The van der Waals surface area contributed by atoms with Crippen molar-refractivity contribution in [2.45, 2.75) is 25.7 Å². The van der Waals surface area contributed by atoms with Crippen molar-refractivity contribution in [3.63, 3.8) is 0 Å². The molecule has 0 saturated carbocycles. The zero-order valence-corrected chi connectivity index (χ0v) is 19.6. The predicted molar refractivity (Wildman–Crippen MR) is 136 cm³/mol. The number of methoxy groups -OCH3 is 1. The summed E-state index contributed by atoms with van der Waals surface area (Å²) in [5.74, 6) is 0.597. The SMILES string of the molecule is COc1ccc2cc([C@H](C)C=O)ccc2c1.C[C@H](C=O)c1cccc(C(=O)c2ccccc2)c1. The molecule has 0 fully saturated rings. The first-order chi connectivity index (χ1) is 16.5. The summed E-state index contributed by atoms with van der Waals surface area (Å²) in [6.07, 6.45) is 1.84. The van der Waals surface area contributed by atoms with E-state index in [9.17, 15) is 14.4 Å². The molecule has 0 aromatic heterocycles. The highest BCUT2D eigenvalue weighted by Crippen LogP contribution is 2.24. The van der Waals surface area contributed by atoms with Crippen LogP contribution in [0.1, 0.15) is 52.7 Å². The summed E-state index contributed by atoms with van der Waals surface area (Å²) in [5.41, 5.74) is 3.19. The fourth-order valence-electron chi connectivity index (χ4n) is 3.53. The lowest BCUT2D eigenvalue weighted by Gasteiger charge is -2.07. The molecule has 0 radical (unpaired) electrons. The summed E-state index contributed by atoms with van der Waals surface area (Å²) in [6, 6.07) is 28.4. The van der Waals surface area contributed by atoms with Crippen LogP contribution in [-0.2, 0) is 9.59 Å². The minimum Gasteiger partial charge on any atom is -0.497 e. The summed E-state index contributed by atoms with van der Waals surface area (Å²) >= 11 is 0. The second-order valence-electron chi connectivity index (χ2n) is 8.14. The minimum atomic E-state index is -0.187. The van der Waals surface area contributed by atoms with E-state index >= 15 is 0 Å². The van der Waals surface area contributed by atoms with Gasteiger partial charge in [0.05, 0.1) is 7.11 Å². The van der Waals surface area contributed by atoms with E-state index in [-0.39, 0.29) is 17.6 Å². The number of carbonyl (C=O) groups is 3. The number of hydrogen-bond acceptors (Lipinski definition) is 4. The maximum atomic E-state index is 12.2. The maximum Gasteiger partial charge on any atom is 0.193 e. The van der Waals surface area contributed by atoms with Crippen molar-refractivity contribution in [3.05, 3.63) is 113 Å². The molecule has 0 aliphatic carbocycles. The first-order valence-corrected chi connectivity index (χ1v) is 11.1. The van der Waals surface area contributed by atoms with Gasteiger partial charge in [-0.2, -0.15) is 0 Å². The van der Waals surface area contributed by atoms with Gasteiger partial charge in [-0.3, -0.25) is 4.79 Å². The lowest BCUT2D eigenvalue weighted by atomic mass is 9.96. The Morgan fingerprint density at radius 2 is 1.26 bits per heavy atom. The third-order valence-electron chi connectivity index (χ3n) is 5.72. The summed E-state index contributed by atoms with van der Waals surface area (Å²) in [5, 5.41) is 2.26. The molecule has 34 heavy (non-hydrogen) atoms. The van der Waals surface area contributed by atoms with Crippen LogP contribution in [0.25, 0.3) is 10.8 Å². The molecule has 0 amide bonds. The number of rotatable bonds is 7. The Kier molecular flexibility index (Phi) is 8.47. The van der Waals surface area contributed by atoms with Crippen LogP contribution in [0.4, 0.5) is 0 Å². The van der Waals surface area contributed by atoms with Crippen LogP contribution in [-0.4, -0.2) is 25.5 Å². The van der Waals surface area contributed by atoms with Gasteiger partial charge in [-0.15, -0.1) is 0 Å². The van der Waals surface area contributed by atoms with E-state index in [0.29, 0.717) is 11.1 Å². The Bertz CT molecular complexity index is 1280. The highest BCUT2D eigenvalue weighted by atomic mass is 16.5. The molecular formula is C30H28O4. The summed E-state index contributed by atoms with van der Waals surface area (Å²) in [7, 11) is 1.66. The van der Waals surface area contributed by atoms with Crippen LogP contribution < -0.4 is 4.74 Å². The van der Waals surface area contributed by atoms with E-state index in [1.165, 1.54) is 0 Å². The highest BCUT2D eigenvalue weighted by Gasteiger charge is 2.11. The van der Waals surface area contributed by atoms with Crippen molar-refractivity contribution >= 4 is 29.1 Å². The fourth-order valence-corrected chi connectivity index (χ4v) is 3.53. The first-order valence-electron chi connectivity index (χ1n) is 11.1. The quantitative estimate of drug-likeness (QED) is 0.241. The van der Waals surface area contributed by atoms with Crippen LogP contribution in [0.5, 0.6) is 5.75 Å². The van der Waals surface area contributed by atoms with Gasteiger partial charge in [0.1, 0.15) is 18.3 Å². The number of ether oxygens (including phenoxy) is 1. The number of aldehydes is 2. The number of hydrogen-bond donors (Lipinski definition) is 0. The molecule has 0 N–H and O–H groups in total. The topological polar surface area (TPSA) is 60.4 Å². The van der Waals surface area contributed by atoms with E-state index < -0.39 is 0 Å². The second kappa shape index (κ2) is 11.7. The van der Waals surface area contributed by atoms with Crippen molar-refractivity contribution in [1.29, 1.82) is 0 Å². The molecule has 0 heterocycles. The normalized spacial score (nSPS) is 12.1. The van der Waals surface area contributed by atoms with Crippen molar-refractivity contribution in [2.75, 3.05) is 7.11 Å². The summed E-state index contributed by atoms with van der Waals surface area (Å²) < 4.78 is 5.16. The van der Waals surface area contributed by atoms with Gasteiger partial charge in [0.2, 0.25) is 0 Å². The van der Waals surface area contributed by atoms with Crippen molar-refractivity contribution < 1.29 is 19.1 Å². The number of carbonyl (C=O) groups excluding carboxylic acids is 3. The molecule has 2 atom stereocenters. The van der Waals surface area contributed by atoms with Gasteiger partial charge in [-0.05, 0) is 40.1 Å². The van der Waals surface area contributed by atoms with Crippen molar-refractivity contribution in [1.82, 2.24) is 0 Å². The minimum absolute atomic E-state index is 0.0180. The molecule has 0 bridgehead atoms. The molecule has 0 unspecified atom stereocenters. The lowest BCUT2D eigenvalue weighted by Crippen LogP contribution is -2.03. The molecule has 0 aliphatic rings. The average Bonchev–Trinajstić information content (AvgIpc) is 2.92. The molecule has 4 heteroatoms. The van der Waals surface area contributed by atoms with E-state index in [1.807, 2.05) is 80.6 Å². The van der Waals surface area contributed by atoms with Crippen LogP contribution >= 0.6 is 0 Å². The standard InChI is InChI=1S/C16H14O2.C14H14O2/c1-12(11-17)14-8-5-9-15(10-14)16(18)13-6-3-2-4-7-13;1-10(9-15)11-3-4-13-8-14(16-2)6-5-12(13)7-11/h2-12H,1H3;3-10H,1-2H3/t12-;10-/m11/s1. The second-order valence-corrected chi connectivity index (χ2v) is 8.14. The van der Waals surface area contributed by atoms with Gasteiger partial charge in [0.15, 0.2) is 5.78 Å². The highest BCUT2D eigenvalue weighted by molar-refractivity contribution is 6.09. The van der Waals surface area contributed by atoms with Gasteiger partial charge in [-0.1, -0.05) is 86.6 Å². The molecule has 4 nitrogen and oxygen atoms in total. The van der Waals surface area contributed by atoms with Crippen LogP contribution in [0.3, 0.4) is 0 Å². The van der Waals surface area contributed by atoms with Gasteiger partial charge in [0, 0.05) is 23.0 Å². The van der Waals surface area contributed by atoms with Crippen molar-refractivity contribution in [2.24, 2.45) is 0 Å². The van der Waals surface area contributed by atoms with Crippen LogP contribution in [0.2, 0.25) is 0 Å². The molecule has 0 aliphatic heterocycles. The lowest BCUT2D eigenvalue weighted by molar-refractivity contribution is -0.109. The third-order valence-corrected chi connectivity index (χ3v) is 5.72. The number of fused-ring (bicyclic) bond motifs is 1. The summed E-state index contributed by atoms with van der Waals surface area (Å²) in [4.78, 5) is 33.7. The van der Waals surface area contributed by atoms with Crippen LogP contribution in [0.15, 0.2) is 91.0 Å². The molecule has 0 spiro atoms. The number of ketones is 1. The van der Waals surface area contributed by atoms with Crippen molar-refractivity contribution in [3.8, 4) is 5.75 Å². The van der Waals surface area contributed by atoms with Gasteiger partial charge >= 0.3 is 0 Å². The monoisotopic (exact) mass is 452 g/mol. The zero-order chi connectivity index (χ0) is 24.5. The fraction of sp³-hybridized carbons (Fsp3) is 0.167. The van der Waals surface area contributed by atoms with E-state index in [2.05, 4.69) is 0 Å². The molecule has 172 valence electrons. The zero-order valence-electron chi connectivity index (χ0n) is 19.6. The molecular weight excluding hydrogens is 424 g/mol. The Hall–Kier alpha value is -4.05. The van der Waals surface area contributed by atoms with Gasteiger partial charge < -0.3 is 14.3 Å². The third kappa shape index (κ3) is 6.04. The maximum absolute atomic E-state index is 12.2. The molecule has 4 aromatic carbocycles. The number of benzene rings is 4. The summed E-state index contributed by atoms with van der Waals surface area (Å²) in [6.45, 7) is 3.72. The Morgan fingerprint density at radius 1 is 0.676 bits per heavy atom. The Morgan fingerprint density at radius 3 is 1.91 bits per heavy atom. The first kappa shape index (κ1) is 24.6. The molecule has 4 aromatic rings. The molecule has 4 rings (SSSR count). The van der Waals surface area contributed by atoms with E-state index in [4.69, 9.17) is 4.74 Å². The average molecular weight is 453 g/mol. The van der Waals surface area contributed by atoms with Crippen LogP contribution in [0, 0.1) is 0 Å². The Labute approximate surface area is 200 Å². The predicted octanol–water partition coefficient (Wildman–Crippen LogP) is 6.37.